The average Bonchev–Trinajstić information content (AvgIpc) is 2.47. The lowest BCUT2D eigenvalue weighted by molar-refractivity contribution is -0.153. The summed E-state index contributed by atoms with van der Waals surface area (Å²) in [5, 5.41) is 8.88. The van der Waals surface area contributed by atoms with Crippen molar-refractivity contribution in [1.82, 2.24) is 4.90 Å². The summed E-state index contributed by atoms with van der Waals surface area (Å²) in [5.41, 5.74) is -0.746. The molecule has 0 radical (unpaired) electrons. The predicted molar refractivity (Wildman–Crippen MR) is 80.5 cm³/mol. The molecule has 1 aliphatic carbocycles. The van der Waals surface area contributed by atoms with Crippen molar-refractivity contribution in [2.75, 3.05) is 19.7 Å². The molecule has 1 aliphatic heterocycles. The fraction of sp³-hybridized carbons (Fsp3) is 0.529. The summed E-state index contributed by atoms with van der Waals surface area (Å²) in [7, 11) is 0. The number of benzene rings is 1. The van der Waals surface area contributed by atoms with E-state index in [4.69, 9.17) is 9.84 Å². The third-order valence-electron chi connectivity index (χ3n) is 4.89. The van der Waals surface area contributed by atoms with Crippen LogP contribution in [0.25, 0.3) is 0 Å². The van der Waals surface area contributed by atoms with Gasteiger partial charge in [0, 0.05) is 24.7 Å². The lowest BCUT2D eigenvalue weighted by Crippen LogP contribution is -2.56. The quantitative estimate of drug-likeness (QED) is 0.912. The SMILES string of the molecule is O=C(O)CC1CN(C(=O)C2(c3ccc(F)cc3F)CCC2)CCO1. The number of carbonyl (C=O) groups excluding carboxylic acids is 1. The van der Waals surface area contributed by atoms with Gasteiger partial charge in [0.25, 0.3) is 0 Å². The monoisotopic (exact) mass is 339 g/mol. The summed E-state index contributed by atoms with van der Waals surface area (Å²) in [5.74, 6) is -2.60. The number of ether oxygens (including phenoxy) is 1. The number of hydrogen-bond acceptors (Lipinski definition) is 3. The zero-order valence-electron chi connectivity index (χ0n) is 13.1. The van der Waals surface area contributed by atoms with E-state index in [0.29, 0.717) is 19.4 Å². The van der Waals surface area contributed by atoms with Crippen molar-refractivity contribution in [3.8, 4) is 0 Å². The summed E-state index contributed by atoms with van der Waals surface area (Å²) in [6.45, 7) is 0.779. The molecule has 24 heavy (non-hydrogen) atoms. The molecule has 1 aromatic carbocycles. The number of carboxylic acid groups (broad SMARTS) is 1. The van der Waals surface area contributed by atoms with Gasteiger partial charge >= 0.3 is 5.97 Å². The van der Waals surface area contributed by atoms with Crippen LogP contribution in [0.2, 0.25) is 0 Å². The van der Waals surface area contributed by atoms with Gasteiger partial charge in [-0.2, -0.15) is 0 Å². The second kappa shape index (κ2) is 6.47. The summed E-state index contributed by atoms with van der Waals surface area (Å²) in [6.07, 6.45) is 1.08. The van der Waals surface area contributed by atoms with Crippen LogP contribution in [0.15, 0.2) is 18.2 Å². The van der Waals surface area contributed by atoms with Crippen LogP contribution in [0.4, 0.5) is 8.78 Å². The van der Waals surface area contributed by atoms with Crippen LogP contribution in [0.5, 0.6) is 0 Å². The van der Waals surface area contributed by atoms with E-state index in [1.54, 1.807) is 4.90 Å². The van der Waals surface area contributed by atoms with Crippen LogP contribution in [0.1, 0.15) is 31.2 Å². The third kappa shape index (κ3) is 3.00. The highest BCUT2D eigenvalue weighted by molar-refractivity contribution is 5.89. The van der Waals surface area contributed by atoms with Crippen molar-refractivity contribution < 1.29 is 28.2 Å². The molecule has 130 valence electrons. The number of carboxylic acids is 1. The van der Waals surface area contributed by atoms with Gasteiger partial charge in [-0.25, -0.2) is 8.78 Å². The van der Waals surface area contributed by atoms with Crippen LogP contribution in [-0.2, 0) is 19.7 Å². The number of nitrogens with zero attached hydrogens (tertiary/aromatic N) is 1. The van der Waals surface area contributed by atoms with E-state index in [9.17, 15) is 18.4 Å². The normalized spacial score (nSPS) is 22.8. The van der Waals surface area contributed by atoms with Crippen LogP contribution < -0.4 is 0 Å². The Kier molecular flexibility index (Phi) is 4.54. The van der Waals surface area contributed by atoms with Crippen molar-refractivity contribution in [3.05, 3.63) is 35.4 Å². The standard InChI is InChI=1S/C17H19F2NO4/c18-11-2-3-13(14(19)8-11)17(4-1-5-17)16(23)20-6-7-24-12(10-20)9-15(21)22/h2-3,8,12H,1,4-7,9-10H2,(H,21,22). The van der Waals surface area contributed by atoms with E-state index >= 15 is 0 Å². The molecule has 0 aromatic heterocycles. The first-order chi connectivity index (χ1) is 11.4. The minimum Gasteiger partial charge on any atom is -0.481 e. The van der Waals surface area contributed by atoms with Gasteiger partial charge in [-0.1, -0.05) is 12.5 Å². The van der Waals surface area contributed by atoms with Crippen molar-refractivity contribution in [1.29, 1.82) is 0 Å². The van der Waals surface area contributed by atoms with E-state index in [2.05, 4.69) is 0 Å². The number of amides is 1. The molecule has 0 bridgehead atoms. The Morgan fingerprint density at radius 2 is 2.08 bits per heavy atom. The molecule has 1 N–H and O–H groups in total. The van der Waals surface area contributed by atoms with Crippen molar-refractivity contribution in [2.45, 2.75) is 37.2 Å². The summed E-state index contributed by atoms with van der Waals surface area (Å²) in [6, 6.07) is 3.31. The number of aliphatic carboxylic acids is 1. The van der Waals surface area contributed by atoms with Gasteiger partial charge in [-0.15, -0.1) is 0 Å². The highest BCUT2D eigenvalue weighted by Crippen LogP contribution is 2.46. The molecule has 1 amide bonds. The highest BCUT2D eigenvalue weighted by atomic mass is 19.1. The zero-order valence-corrected chi connectivity index (χ0v) is 13.1. The minimum atomic E-state index is -0.989. The van der Waals surface area contributed by atoms with Gasteiger partial charge in [0.15, 0.2) is 0 Å². The van der Waals surface area contributed by atoms with Crippen LogP contribution >= 0.6 is 0 Å². The molecule has 1 unspecified atom stereocenters. The molecule has 3 rings (SSSR count). The zero-order chi connectivity index (χ0) is 17.3. The molecule has 0 spiro atoms. The third-order valence-corrected chi connectivity index (χ3v) is 4.89. The van der Waals surface area contributed by atoms with Gasteiger partial charge in [0.1, 0.15) is 11.6 Å². The second-order valence-electron chi connectivity index (χ2n) is 6.40. The topological polar surface area (TPSA) is 66.8 Å². The van der Waals surface area contributed by atoms with Crippen LogP contribution in [-0.4, -0.2) is 47.7 Å². The molecule has 5 nitrogen and oxygen atoms in total. The summed E-state index contributed by atoms with van der Waals surface area (Å²) in [4.78, 5) is 25.4. The van der Waals surface area contributed by atoms with E-state index in [-0.39, 0.29) is 31.0 Å². The van der Waals surface area contributed by atoms with Gasteiger partial charge in [-0.3, -0.25) is 9.59 Å². The number of carbonyl (C=O) groups is 2. The maximum atomic E-state index is 14.2. The lowest BCUT2D eigenvalue weighted by atomic mass is 9.63. The fourth-order valence-corrected chi connectivity index (χ4v) is 3.53. The van der Waals surface area contributed by atoms with Gasteiger partial charge in [0.2, 0.25) is 5.91 Å². The van der Waals surface area contributed by atoms with E-state index in [0.717, 1.165) is 18.6 Å². The first-order valence-corrected chi connectivity index (χ1v) is 8.01. The van der Waals surface area contributed by atoms with Gasteiger partial charge in [-0.05, 0) is 18.9 Å². The lowest BCUT2D eigenvalue weighted by Gasteiger charge is -2.45. The number of rotatable bonds is 4. The number of halogens is 2. The molecular weight excluding hydrogens is 320 g/mol. The largest absolute Gasteiger partial charge is 0.481 e. The van der Waals surface area contributed by atoms with Crippen LogP contribution in [0.3, 0.4) is 0 Å². The maximum Gasteiger partial charge on any atom is 0.306 e. The molecular formula is C17H19F2NO4. The average molecular weight is 339 g/mol. The number of morpholine rings is 1. The first-order valence-electron chi connectivity index (χ1n) is 8.01. The molecule has 1 saturated heterocycles. The Hall–Kier alpha value is -2.02. The predicted octanol–water partition coefficient (Wildman–Crippen LogP) is 2.09. The van der Waals surface area contributed by atoms with Crippen LogP contribution in [0, 0.1) is 11.6 Å². The van der Waals surface area contributed by atoms with Gasteiger partial charge in [0.05, 0.1) is 24.5 Å². The highest BCUT2D eigenvalue weighted by Gasteiger charge is 2.49. The Morgan fingerprint density at radius 1 is 1.33 bits per heavy atom. The molecule has 1 atom stereocenters. The van der Waals surface area contributed by atoms with Crippen molar-refractivity contribution in [2.24, 2.45) is 0 Å². The molecule has 2 fully saturated rings. The van der Waals surface area contributed by atoms with E-state index < -0.39 is 29.1 Å². The summed E-state index contributed by atoms with van der Waals surface area (Å²) >= 11 is 0. The maximum absolute atomic E-state index is 14.2. The smallest absolute Gasteiger partial charge is 0.306 e. The molecule has 7 heteroatoms. The first kappa shape index (κ1) is 16.8. The van der Waals surface area contributed by atoms with Crippen molar-refractivity contribution >= 4 is 11.9 Å². The van der Waals surface area contributed by atoms with Crippen molar-refractivity contribution in [3.63, 3.8) is 0 Å². The Morgan fingerprint density at radius 3 is 2.67 bits per heavy atom. The Labute approximate surface area is 138 Å². The van der Waals surface area contributed by atoms with E-state index in [1.807, 2.05) is 0 Å². The number of hydrogen-bond donors (Lipinski definition) is 1. The molecule has 1 aromatic rings. The molecule has 1 saturated carbocycles. The fourth-order valence-electron chi connectivity index (χ4n) is 3.53. The second-order valence-corrected chi connectivity index (χ2v) is 6.40. The summed E-state index contributed by atoms with van der Waals surface area (Å²) < 4.78 is 32.8. The Bertz CT molecular complexity index is 660. The molecule has 2 aliphatic rings. The van der Waals surface area contributed by atoms with Gasteiger partial charge < -0.3 is 14.7 Å². The van der Waals surface area contributed by atoms with E-state index in [1.165, 1.54) is 6.07 Å². The molecule has 1 heterocycles. The Balaban J connectivity index is 1.82. The minimum absolute atomic E-state index is 0.176.